The lowest BCUT2D eigenvalue weighted by Gasteiger charge is -2.09. The highest BCUT2D eigenvalue weighted by molar-refractivity contribution is 9.10. The van der Waals surface area contributed by atoms with Crippen LogP contribution in [0.2, 0.25) is 10.0 Å². The van der Waals surface area contributed by atoms with Crippen molar-refractivity contribution in [2.24, 2.45) is 0 Å². The summed E-state index contributed by atoms with van der Waals surface area (Å²) in [5.41, 5.74) is 0.992. The number of anilines is 1. The fourth-order valence-electron chi connectivity index (χ4n) is 1.47. The van der Waals surface area contributed by atoms with Crippen molar-refractivity contribution in [3.05, 3.63) is 56.5 Å². The molecule has 0 bridgehead atoms. The largest absolute Gasteiger partial charge is 0.321 e. The number of carbonyl (C=O) groups excluding carboxylic acids is 1. The van der Waals surface area contributed by atoms with Gasteiger partial charge in [-0.15, -0.1) is 12.6 Å². The maximum Gasteiger partial charge on any atom is 0.257 e. The van der Waals surface area contributed by atoms with Gasteiger partial charge in [0.05, 0.1) is 16.3 Å². The van der Waals surface area contributed by atoms with Gasteiger partial charge in [0.2, 0.25) is 0 Å². The van der Waals surface area contributed by atoms with Gasteiger partial charge in [-0.05, 0) is 52.3 Å². The number of thiol groups is 1. The van der Waals surface area contributed by atoms with Crippen molar-refractivity contribution in [3.8, 4) is 0 Å². The van der Waals surface area contributed by atoms with Crippen LogP contribution in [0.25, 0.3) is 0 Å². The van der Waals surface area contributed by atoms with Gasteiger partial charge in [0, 0.05) is 14.4 Å². The molecular weight excluding hydrogens is 369 g/mol. The highest BCUT2D eigenvalue weighted by Gasteiger charge is 2.12. The summed E-state index contributed by atoms with van der Waals surface area (Å²) in [5, 5.41) is 3.72. The maximum atomic E-state index is 12.1. The Bertz CT molecular complexity index is 649. The van der Waals surface area contributed by atoms with Gasteiger partial charge in [-0.2, -0.15) is 0 Å². The number of nitrogens with one attached hydrogen (secondary N) is 1. The van der Waals surface area contributed by atoms with Gasteiger partial charge in [0.15, 0.2) is 0 Å². The number of hydrogen-bond acceptors (Lipinski definition) is 2. The van der Waals surface area contributed by atoms with Crippen molar-refractivity contribution in [2.45, 2.75) is 4.90 Å². The van der Waals surface area contributed by atoms with E-state index < -0.39 is 0 Å². The molecule has 6 heteroatoms. The van der Waals surface area contributed by atoms with Gasteiger partial charge >= 0.3 is 0 Å². The van der Waals surface area contributed by atoms with Crippen LogP contribution in [0, 0.1) is 0 Å². The lowest BCUT2D eigenvalue weighted by molar-refractivity contribution is 0.102. The fraction of sp³-hybridized carbons (Fsp3) is 0. The van der Waals surface area contributed by atoms with E-state index in [1.54, 1.807) is 36.4 Å². The van der Waals surface area contributed by atoms with E-state index >= 15 is 0 Å². The zero-order valence-electron chi connectivity index (χ0n) is 9.45. The zero-order chi connectivity index (χ0) is 14.0. The van der Waals surface area contributed by atoms with Gasteiger partial charge in [-0.1, -0.05) is 23.2 Å². The van der Waals surface area contributed by atoms with Crippen LogP contribution in [0.5, 0.6) is 0 Å². The smallest absolute Gasteiger partial charge is 0.257 e. The third kappa shape index (κ3) is 3.66. The Morgan fingerprint density at radius 1 is 1.16 bits per heavy atom. The van der Waals surface area contributed by atoms with E-state index in [9.17, 15) is 4.79 Å². The summed E-state index contributed by atoms with van der Waals surface area (Å²) in [7, 11) is 0. The van der Waals surface area contributed by atoms with Crippen molar-refractivity contribution in [3.63, 3.8) is 0 Å². The van der Waals surface area contributed by atoms with E-state index in [-0.39, 0.29) is 5.91 Å². The minimum absolute atomic E-state index is 0.302. The highest BCUT2D eigenvalue weighted by Crippen LogP contribution is 2.27. The third-order valence-corrected chi connectivity index (χ3v) is 3.87. The summed E-state index contributed by atoms with van der Waals surface area (Å²) < 4.78 is 0.700. The minimum atomic E-state index is -0.302. The van der Waals surface area contributed by atoms with Crippen molar-refractivity contribution in [2.75, 3.05) is 5.32 Å². The van der Waals surface area contributed by atoms with Gasteiger partial charge in [0.25, 0.3) is 5.91 Å². The second-order valence-corrected chi connectivity index (χ2v) is 5.96. The molecule has 0 heterocycles. The van der Waals surface area contributed by atoms with Gasteiger partial charge in [-0.3, -0.25) is 4.79 Å². The standard InChI is InChI=1S/C13H8BrCl2NOS/c14-10-5-7(15)1-4-12(10)17-13(18)9-6-8(19)2-3-11(9)16/h1-6,19H,(H,17,18). The van der Waals surface area contributed by atoms with E-state index in [1.165, 1.54) is 0 Å². The predicted octanol–water partition coefficient (Wildman–Crippen LogP) is 5.30. The van der Waals surface area contributed by atoms with Crippen molar-refractivity contribution in [1.82, 2.24) is 0 Å². The molecular formula is C13H8BrCl2NOS. The fourth-order valence-corrected chi connectivity index (χ4v) is 2.66. The van der Waals surface area contributed by atoms with E-state index in [1.807, 2.05) is 0 Å². The second-order valence-electron chi connectivity index (χ2n) is 3.74. The molecule has 1 N–H and O–H groups in total. The SMILES string of the molecule is O=C(Nc1ccc(Cl)cc1Br)c1cc(S)ccc1Cl. The Morgan fingerprint density at radius 3 is 2.58 bits per heavy atom. The van der Waals surface area contributed by atoms with Gasteiger partial charge < -0.3 is 5.32 Å². The number of carbonyl (C=O) groups is 1. The first kappa shape index (κ1) is 14.7. The van der Waals surface area contributed by atoms with Crippen molar-refractivity contribution >= 4 is 63.4 Å². The highest BCUT2D eigenvalue weighted by atomic mass is 79.9. The molecule has 98 valence electrons. The van der Waals surface area contributed by atoms with Crippen LogP contribution in [0.15, 0.2) is 45.8 Å². The van der Waals surface area contributed by atoms with Crippen LogP contribution in [0.3, 0.4) is 0 Å². The number of amides is 1. The molecule has 0 aliphatic carbocycles. The molecule has 0 aliphatic rings. The van der Waals surface area contributed by atoms with E-state index in [4.69, 9.17) is 23.2 Å². The molecule has 0 spiro atoms. The summed E-state index contributed by atoms with van der Waals surface area (Å²) in [6.45, 7) is 0. The van der Waals surface area contributed by atoms with Crippen LogP contribution in [0.4, 0.5) is 5.69 Å². The molecule has 0 radical (unpaired) electrons. The first-order chi connectivity index (χ1) is 8.97. The maximum absolute atomic E-state index is 12.1. The molecule has 0 saturated heterocycles. The first-order valence-corrected chi connectivity index (χ1v) is 7.22. The monoisotopic (exact) mass is 375 g/mol. The molecule has 0 saturated carbocycles. The predicted molar refractivity (Wildman–Crippen MR) is 85.8 cm³/mol. The molecule has 2 rings (SSSR count). The molecule has 0 aliphatic heterocycles. The first-order valence-electron chi connectivity index (χ1n) is 5.22. The Labute approximate surface area is 134 Å². The molecule has 2 aromatic carbocycles. The zero-order valence-corrected chi connectivity index (χ0v) is 13.4. The minimum Gasteiger partial charge on any atom is -0.321 e. The Morgan fingerprint density at radius 2 is 1.89 bits per heavy atom. The number of halogens is 3. The van der Waals surface area contributed by atoms with E-state index in [0.29, 0.717) is 30.7 Å². The number of benzene rings is 2. The summed E-state index contributed by atoms with van der Waals surface area (Å²) >= 11 is 19.4. The normalized spacial score (nSPS) is 10.3. The van der Waals surface area contributed by atoms with Crippen LogP contribution in [-0.4, -0.2) is 5.91 Å². The molecule has 0 aromatic heterocycles. The molecule has 2 aromatic rings. The molecule has 0 atom stereocenters. The van der Waals surface area contributed by atoms with Crippen molar-refractivity contribution in [1.29, 1.82) is 0 Å². The number of hydrogen-bond donors (Lipinski definition) is 2. The lowest BCUT2D eigenvalue weighted by atomic mass is 10.2. The van der Waals surface area contributed by atoms with Crippen LogP contribution >= 0.6 is 51.8 Å². The average Bonchev–Trinajstić information content (AvgIpc) is 2.35. The van der Waals surface area contributed by atoms with Gasteiger partial charge in [0.1, 0.15) is 0 Å². The van der Waals surface area contributed by atoms with Gasteiger partial charge in [-0.25, -0.2) is 0 Å². The summed E-state index contributed by atoms with van der Waals surface area (Å²) in [6.07, 6.45) is 0. The molecule has 1 amide bonds. The second kappa shape index (κ2) is 6.18. The average molecular weight is 377 g/mol. The van der Waals surface area contributed by atoms with Crippen LogP contribution in [0.1, 0.15) is 10.4 Å². The Balaban J connectivity index is 2.28. The van der Waals surface area contributed by atoms with Crippen molar-refractivity contribution < 1.29 is 4.79 Å². The number of rotatable bonds is 2. The summed E-state index contributed by atoms with van der Waals surface area (Å²) in [5.74, 6) is -0.302. The summed E-state index contributed by atoms with van der Waals surface area (Å²) in [4.78, 5) is 12.8. The van der Waals surface area contributed by atoms with E-state index in [2.05, 4.69) is 33.9 Å². The van der Waals surface area contributed by atoms with E-state index in [0.717, 1.165) is 0 Å². The van der Waals surface area contributed by atoms with Crippen LogP contribution in [-0.2, 0) is 0 Å². The Kier molecular flexibility index (Phi) is 4.79. The summed E-state index contributed by atoms with van der Waals surface area (Å²) in [6, 6.07) is 10.1. The Hall–Kier alpha value is -0.680. The molecule has 0 fully saturated rings. The van der Waals surface area contributed by atoms with Crippen LogP contribution < -0.4 is 5.32 Å². The quantitative estimate of drug-likeness (QED) is 0.684. The molecule has 2 nitrogen and oxygen atoms in total. The lowest BCUT2D eigenvalue weighted by Crippen LogP contribution is -2.12. The third-order valence-electron chi connectivity index (χ3n) is 2.37. The topological polar surface area (TPSA) is 29.1 Å². The molecule has 0 unspecified atom stereocenters. The molecule has 19 heavy (non-hydrogen) atoms.